The van der Waals surface area contributed by atoms with Gasteiger partial charge in [0.15, 0.2) is 0 Å². The lowest BCUT2D eigenvalue weighted by Crippen LogP contribution is -2.69. The standard InChI is InChI=1S/C46H70O3Si/c1-33(2)22-19-23-34(3)24-20-25-35(4)26-21-31-46(11)42(48-46)32-41-38(7)43(47-12)36(5)37(6)44(41)49-50(45(8,9)10,39-27-15-13-16-28-39)40-29-17-14-18-30-40/h13-18,27-30,33-35,42H,19-26,31-32H2,1-12H3/t34-,35-,42+,46+/m1/s1. The fourth-order valence-corrected chi connectivity index (χ4v) is 12.9. The average Bonchev–Trinajstić information content (AvgIpc) is 3.72. The summed E-state index contributed by atoms with van der Waals surface area (Å²) in [6.07, 6.45) is 12.9. The number of ether oxygens (including phenoxy) is 2. The van der Waals surface area contributed by atoms with Crippen LogP contribution in [-0.4, -0.2) is 27.1 Å². The van der Waals surface area contributed by atoms with Gasteiger partial charge >= 0.3 is 8.32 Å². The van der Waals surface area contributed by atoms with Crippen molar-refractivity contribution in [3.05, 3.63) is 82.9 Å². The first-order valence-corrected chi connectivity index (χ1v) is 21.7. The molecule has 4 atom stereocenters. The van der Waals surface area contributed by atoms with Crippen LogP contribution in [0.2, 0.25) is 5.04 Å². The van der Waals surface area contributed by atoms with Crippen molar-refractivity contribution in [1.29, 1.82) is 0 Å². The highest BCUT2D eigenvalue weighted by Gasteiger charge is 2.54. The maximum atomic E-state index is 7.79. The summed E-state index contributed by atoms with van der Waals surface area (Å²) in [7, 11) is -1.04. The molecule has 1 aliphatic rings. The molecule has 0 unspecified atom stereocenters. The molecular weight excluding hydrogens is 629 g/mol. The molecule has 0 N–H and O–H groups in total. The van der Waals surface area contributed by atoms with E-state index >= 15 is 0 Å². The average molecular weight is 699 g/mol. The third-order valence-electron chi connectivity index (χ3n) is 11.9. The Hall–Kier alpha value is -2.56. The number of epoxide rings is 1. The van der Waals surface area contributed by atoms with Crippen molar-refractivity contribution in [1.82, 2.24) is 0 Å². The summed E-state index contributed by atoms with van der Waals surface area (Å²) < 4.78 is 20.4. The van der Waals surface area contributed by atoms with Crippen molar-refractivity contribution >= 4 is 18.7 Å². The van der Waals surface area contributed by atoms with E-state index < -0.39 is 8.32 Å². The van der Waals surface area contributed by atoms with Crippen LogP contribution >= 0.6 is 0 Å². The maximum Gasteiger partial charge on any atom is 0.319 e. The van der Waals surface area contributed by atoms with Gasteiger partial charge in [-0.05, 0) is 84.0 Å². The Morgan fingerprint density at radius 1 is 0.700 bits per heavy atom. The Balaban J connectivity index is 1.52. The van der Waals surface area contributed by atoms with Crippen molar-refractivity contribution < 1.29 is 13.9 Å². The molecule has 276 valence electrons. The van der Waals surface area contributed by atoms with Crippen LogP contribution in [0.1, 0.15) is 135 Å². The second-order valence-electron chi connectivity index (χ2n) is 17.5. The molecule has 1 aliphatic heterocycles. The summed E-state index contributed by atoms with van der Waals surface area (Å²) in [5.74, 6) is 4.46. The van der Waals surface area contributed by atoms with E-state index in [1.54, 1.807) is 7.11 Å². The summed E-state index contributed by atoms with van der Waals surface area (Å²) in [6, 6.07) is 22.0. The van der Waals surface area contributed by atoms with E-state index in [-0.39, 0.29) is 16.7 Å². The predicted molar refractivity (Wildman–Crippen MR) is 217 cm³/mol. The lowest BCUT2D eigenvalue weighted by Gasteiger charge is -2.44. The van der Waals surface area contributed by atoms with Crippen LogP contribution in [0.5, 0.6) is 11.5 Å². The van der Waals surface area contributed by atoms with E-state index in [4.69, 9.17) is 13.9 Å². The van der Waals surface area contributed by atoms with Gasteiger partial charge in [0.25, 0.3) is 0 Å². The topological polar surface area (TPSA) is 31.0 Å². The van der Waals surface area contributed by atoms with E-state index in [9.17, 15) is 0 Å². The zero-order valence-electron chi connectivity index (χ0n) is 33.9. The lowest BCUT2D eigenvalue weighted by molar-refractivity contribution is 0.284. The van der Waals surface area contributed by atoms with Crippen molar-refractivity contribution in [2.45, 2.75) is 157 Å². The van der Waals surface area contributed by atoms with Crippen LogP contribution < -0.4 is 19.5 Å². The predicted octanol–water partition coefficient (Wildman–Crippen LogP) is 11.7. The van der Waals surface area contributed by atoms with Crippen molar-refractivity contribution in [2.24, 2.45) is 17.8 Å². The lowest BCUT2D eigenvalue weighted by atomic mass is 9.89. The summed E-state index contributed by atoms with van der Waals surface area (Å²) >= 11 is 0. The Bertz CT molecular complexity index is 1450. The van der Waals surface area contributed by atoms with Gasteiger partial charge in [-0.15, -0.1) is 0 Å². The summed E-state index contributed by atoms with van der Waals surface area (Å²) in [6.45, 7) is 25.6. The van der Waals surface area contributed by atoms with E-state index in [1.165, 1.54) is 78.4 Å². The third-order valence-corrected chi connectivity index (χ3v) is 16.8. The fourth-order valence-electron chi connectivity index (χ4n) is 8.38. The van der Waals surface area contributed by atoms with Gasteiger partial charge < -0.3 is 13.9 Å². The molecule has 50 heavy (non-hydrogen) atoms. The van der Waals surface area contributed by atoms with E-state index in [2.05, 4.69) is 137 Å². The summed E-state index contributed by atoms with van der Waals surface area (Å²) in [4.78, 5) is 0. The van der Waals surface area contributed by atoms with Crippen LogP contribution in [0.3, 0.4) is 0 Å². The minimum Gasteiger partial charge on any atom is -0.534 e. The molecule has 1 heterocycles. The molecule has 3 nitrogen and oxygen atoms in total. The molecule has 0 saturated carbocycles. The Kier molecular flexibility index (Phi) is 13.9. The normalized spacial score (nSPS) is 19.0. The molecule has 0 bridgehead atoms. The number of hydrogen-bond acceptors (Lipinski definition) is 3. The minimum atomic E-state index is -2.84. The SMILES string of the molecule is COc1c(C)c(C)c(O[Si](c2ccccc2)(c2ccccc2)C(C)(C)C)c(C[C@@H]2O[C@@]2(C)CCC[C@H](C)CCC[C@H](C)CCCC(C)C)c1C. The molecule has 3 aromatic rings. The molecule has 1 fully saturated rings. The second kappa shape index (κ2) is 17.3. The molecule has 3 aromatic carbocycles. The largest absolute Gasteiger partial charge is 0.534 e. The number of rotatable bonds is 19. The van der Waals surface area contributed by atoms with Crippen molar-refractivity contribution in [2.75, 3.05) is 7.11 Å². The van der Waals surface area contributed by atoms with Gasteiger partial charge in [0.05, 0.1) is 18.8 Å². The summed E-state index contributed by atoms with van der Waals surface area (Å²) in [5, 5.41) is 2.45. The Morgan fingerprint density at radius 2 is 1.18 bits per heavy atom. The summed E-state index contributed by atoms with van der Waals surface area (Å²) in [5.41, 5.74) is 4.65. The van der Waals surface area contributed by atoms with Gasteiger partial charge in [0.1, 0.15) is 11.5 Å². The van der Waals surface area contributed by atoms with E-state index in [0.717, 1.165) is 47.7 Å². The van der Waals surface area contributed by atoms with Crippen molar-refractivity contribution in [3.8, 4) is 11.5 Å². The zero-order valence-corrected chi connectivity index (χ0v) is 34.9. The number of methoxy groups -OCH3 is 1. The van der Waals surface area contributed by atoms with Gasteiger partial charge in [0, 0.05) is 12.0 Å². The molecule has 0 aromatic heterocycles. The quantitative estimate of drug-likeness (QED) is 0.0922. The Labute approximate surface area is 308 Å². The first-order chi connectivity index (χ1) is 23.6. The fraction of sp³-hybridized carbons (Fsp3) is 0.609. The van der Waals surface area contributed by atoms with Crippen LogP contribution in [-0.2, 0) is 11.2 Å². The van der Waals surface area contributed by atoms with Crippen molar-refractivity contribution in [3.63, 3.8) is 0 Å². The molecule has 0 aliphatic carbocycles. The van der Waals surface area contributed by atoms with Gasteiger partial charge in [-0.3, -0.25) is 0 Å². The number of benzene rings is 3. The molecule has 0 spiro atoms. The molecule has 0 radical (unpaired) electrons. The van der Waals surface area contributed by atoms with Gasteiger partial charge in [-0.2, -0.15) is 0 Å². The van der Waals surface area contributed by atoms with Gasteiger partial charge in [-0.1, -0.05) is 160 Å². The molecule has 4 rings (SSSR count). The van der Waals surface area contributed by atoms with Crippen LogP contribution in [0.25, 0.3) is 0 Å². The molecule has 0 amide bonds. The number of hydrogen-bond donors (Lipinski definition) is 0. The molecule has 4 heteroatoms. The van der Waals surface area contributed by atoms with E-state index in [0.29, 0.717) is 0 Å². The second-order valence-corrected chi connectivity index (χ2v) is 21.7. The highest BCUT2D eigenvalue weighted by molar-refractivity contribution is 7.00. The maximum absolute atomic E-state index is 7.79. The molecule has 1 saturated heterocycles. The first kappa shape index (κ1) is 40.2. The highest BCUT2D eigenvalue weighted by Crippen LogP contribution is 2.48. The van der Waals surface area contributed by atoms with Crippen LogP contribution in [0.15, 0.2) is 60.7 Å². The highest BCUT2D eigenvalue weighted by atomic mass is 28.4. The van der Waals surface area contributed by atoms with Crippen LogP contribution in [0.4, 0.5) is 0 Å². The first-order valence-electron chi connectivity index (χ1n) is 19.8. The molecular formula is C46H70O3Si. The monoisotopic (exact) mass is 699 g/mol. The third kappa shape index (κ3) is 9.45. The zero-order chi connectivity index (χ0) is 36.7. The van der Waals surface area contributed by atoms with Gasteiger partial charge in [-0.25, -0.2) is 0 Å². The van der Waals surface area contributed by atoms with Crippen LogP contribution in [0, 0.1) is 38.5 Å². The van der Waals surface area contributed by atoms with E-state index in [1.807, 2.05) is 0 Å². The Morgan fingerprint density at radius 3 is 1.66 bits per heavy atom. The minimum absolute atomic E-state index is 0.0855. The van der Waals surface area contributed by atoms with Gasteiger partial charge in [0.2, 0.25) is 0 Å². The smallest absolute Gasteiger partial charge is 0.319 e.